The first-order valence-electron chi connectivity index (χ1n) is 14.5. The molecule has 0 fully saturated rings. The lowest BCUT2D eigenvalue weighted by molar-refractivity contribution is -0.136. The minimum absolute atomic E-state index is 0.0122. The zero-order chi connectivity index (χ0) is 31.6. The van der Waals surface area contributed by atoms with Crippen molar-refractivity contribution < 1.29 is 20.1 Å². The van der Waals surface area contributed by atoms with Crippen molar-refractivity contribution in [3.05, 3.63) is 102 Å². The number of aliphatic hydroxyl groups is 2. The van der Waals surface area contributed by atoms with E-state index in [4.69, 9.17) is 10.2 Å². The second-order valence-corrected chi connectivity index (χ2v) is 8.81. The molecule has 0 saturated carbocycles. The molecule has 0 radical (unpaired) electrons. The van der Waals surface area contributed by atoms with Gasteiger partial charge in [-0.15, -0.1) is 12.3 Å². The Morgan fingerprint density at radius 2 is 1.88 bits per heavy atom. The number of fused-ring (bicyclic) bond motifs is 1. The summed E-state index contributed by atoms with van der Waals surface area (Å²) in [7, 11) is 2.08. The molecule has 6 nitrogen and oxygen atoms in total. The third-order valence-electron chi connectivity index (χ3n) is 5.60. The highest BCUT2D eigenvalue weighted by molar-refractivity contribution is 5.88. The molecule has 1 atom stereocenters. The molecule has 1 heterocycles. The van der Waals surface area contributed by atoms with Crippen LogP contribution in [0.2, 0.25) is 0 Å². The molecule has 0 saturated heterocycles. The number of aliphatic carboxylic acids is 1. The summed E-state index contributed by atoms with van der Waals surface area (Å²) < 4.78 is 1.81. The fraction of sp³-hybridized carbons (Fsp3) is 0.429. The van der Waals surface area contributed by atoms with Gasteiger partial charge in [0.2, 0.25) is 0 Å². The summed E-state index contributed by atoms with van der Waals surface area (Å²) in [4.78, 5) is 13.1. The number of aromatic nitrogens is 1. The number of aryl methyl sites for hydroxylation is 1. The highest BCUT2D eigenvalue weighted by Crippen LogP contribution is 2.27. The van der Waals surface area contributed by atoms with E-state index in [1.807, 2.05) is 80.8 Å². The molecule has 2 rings (SSSR count). The number of carboxylic acid groups (broad SMARTS) is 1. The number of hydrogen-bond donors (Lipinski definition) is 3. The van der Waals surface area contributed by atoms with Gasteiger partial charge in [-0.05, 0) is 86.9 Å². The first-order chi connectivity index (χ1) is 19.7. The largest absolute Gasteiger partial charge is 0.481 e. The first-order valence-corrected chi connectivity index (χ1v) is 14.5. The number of nitrogens with zero attached hydrogens (tertiary/aromatic N) is 2. The summed E-state index contributed by atoms with van der Waals surface area (Å²) in [6.45, 7) is 18.7. The van der Waals surface area contributed by atoms with E-state index in [-0.39, 0.29) is 13.0 Å². The standard InChI is InChI=1S/C16H19NO3.C14H23N.C3H6O.C2H6/c1-3-4-8-15(18)17-11(2)9-13-12(10-16(19)20)6-5-7-14(13)17;1-5-12-15(4)13-10-8-9-11-14(6-2)7-3;1-2-3-4;1-2/h4-9,15,18H,3,10H2,1-2H3,(H,19,20);6,8,10-11,13H,5,7,12H2,1-4H3;2,4H,1,3H2;1-2H3/b8-4+;13-10+,14-6-;;. The predicted octanol–water partition coefficient (Wildman–Crippen LogP) is 8.13. The van der Waals surface area contributed by atoms with Crippen molar-refractivity contribution >= 4 is 16.9 Å². The molecule has 0 spiro atoms. The summed E-state index contributed by atoms with van der Waals surface area (Å²) in [6.07, 6.45) is 17.7. The smallest absolute Gasteiger partial charge is 0.307 e. The molecule has 3 N–H and O–H groups in total. The Morgan fingerprint density at radius 3 is 2.39 bits per heavy atom. The zero-order valence-electron chi connectivity index (χ0n) is 26.6. The van der Waals surface area contributed by atoms with Crippen LogP contribution in [0.15, 0.2) is 90.9 Å². The highest BCUT2D eigenvalue weighted by Gasteiger charge is 2.14. The van der Waals surface area contributed by atoms with Crippen LogP contribution in [0.25, 0.3) is 10.9 Å². The summed E-state index contributed by atoms with van der Waals surface area (Å²) in [5.41, 5.74) is 7.01. The average Bonchev–Trinajstić information content (AvgIpc) is 3.32. The van der Waals surface area contributed by atoms with Crippen molar-refractivity contribution in [3.8, 4) is 0 Å². The van der Waals surface area contributed by atoms with Gasteiger partial charge in [0.1, 0.15) is 6.23 Å². The van der Waals surface area contributed by atoms with E-state index < -0.39 is 12.2 Å². The molecule has 0 bridgehead atoms. The maximum absolute atomic E-state index is 10.9. The van der Waals surface area contributed by atoms with E-state index in [1.54, 1.807) is 6.08 Å². The van der Waals surface area contributed by atoms with Gasteiger partial charge in [0.05, 0.1) is 18.5 Å². The number of rotatable bonds is 12. The van der Waals surface area contributed by atoms with Crippen LogP contribution in [-0.2, 0) is 11.2 Å². The quantitative estimate of drug-likeness (QED) is 0.137. The molecule has 1 aromatic carbocycles. The molecule has 0 aliphatic rings. The van der Waals surface area contributed by atoms with Crippen molar-refractivity contribution in [2.45, 2.75) is 80.4 Å². The third-order valence-corrected chi connectivity index (χ3v) is 5.60. The van der Waals surface area contributed by atoms with Crippen LogP contribution in [0.3, 0.4) is 0 Å². The molecule has 6 heteroatoms. The summed E-state index contributed by atoms with van der Waals surface area (Å²) in [5, 5.41) is 27.9. The van der Waals surface area contributed by atoms with E-state index in [1.165, 1.54) is 18.1 Å². The second-order valence-electron chi connectivity index (χ2n) is 8.81. The van der Waals surface area contributed by atoms with Gasteiger partial charge in [-0.3, -0.25) is 4.79 Å². The van der Waals surface area contributed by atoms with Crippen molar-refractivity contribution in [2.75, 3.05) is 20.2 Å². The van der Waals surface area contributed by atoms with Crippen molar-refractivity contribution in [1.29, 1.82) is 0 Å². The number of benzene rings is 1. The summed E-state index contributed by atoms with van der Waals surface area (Å²) in [5.74, 6) is -0.852. The van der Waals surface area contributed by atoms with E-state index >= 15 is 0 Å². The van der Waals surface area contributed by atoms with E-state index in [0.717, 1.165) is 41.5 Å². The van der Waals surface area contributed by atoms with Gasteiger partial charge in [0.25, 0.3) is 0 Å². The van der Waals surface area contributed by atoms with E-state index in [9.17, 15) is 9.90 Å². The second kappa shape index (κ2) is 25.4. The van der Waals surface area contributed by atoms with Crippen LogP contribution in [-0.4, -0.2) is 51.0 Å². The van der Waals surface area contributed by atoms with Crippen molar-refractivity contribution in [3.63, 3.8) is 0 Å². The van der Waals surface area contributed by atoms with Gasteiger partial charge in [-0.1, -0.05) is 65.0 Å². The van der Waals surface area contributed by atoms with E-state index in [0.29, 0.717) is 0 Å². The molecule has 0 aliphatic heterocycles. The predicted molar refractivity (Wildman–Crippen MR) is 176 cm³/mol. The van der Waals surface area contributed by atoms with Crippen LogP contribution in [0.1, 0.15) is 78.3 Å². The number of allylic oxidation sites excluding steroid dienone is 5. The van der Waals surface area contributed by atoms with E-state index in [2.05, 4.69) is 57.3 Å². The lowest BCUT2D eigenvalue weighted by Gasteiger charge is -2.13. The van der Waals surface area contributed by atoms with Crippen LogP contribution in [0.5, 0.6) is 0 Å². The van der Waals surface area contributed by atoms with Crippen LogP contribution >= 0.6 is 0 Å². The Bertz CT molecular complexity index is 1150. The fourth-order valence-corrected chi connectivity index (χ4v) is 3.67. The van der Waals surface area contributed by atoms with Crippen LogP contribution < -0.4 is 0 Å². The molecule has 0 amide bonds. The van der Waals surface area contributed by atoms with Crippen LogP contribution in [0.4, 0.5) is 0 Å². The highest BCUT2D eigenvalue weighted by atomic mass is 16.4. The lowest BCUT2D eigenvalue weighted by atomic mass is 10.1. The van der Waals surface area contributed by atoms with Gasteiger partial charge in [0.15, 0.2) is 0 Å². The number of hydrogen-bond acceptors (Lipinski definition) is 4. The van der Waals surface area contributed by atoms with Gasteiger partial charge in [-0.25, -0.2) is 0 Å². The van der Waals surface area contributed by atoms with Crippen LogP contribution in [0, 0.1) is 6.92 Å². The normalized spacial score (nSPS) is 11.3. The number of aliphatic hydroxyl groups excluding tert-OH is 2. The Morgan fingerprint density at radius 1 is 1.22 bits per heavy atom. The van der Waals surface area contributed by atoms with Crippen molar-refractivity contribution in [2.24, 2.45) is 0 Å². The molecule has 228 valence electrons. The van der Waals surface area contributed by atoms with Gasteiger partial charge < -0.3 is 24.8 Å². The molecule has 2 aromatic rings. The minimum atomic E-state index is -0.852. The topological polar surface area (TPSA) is 85.9 Å². The minimum Gasteiger partial charge on any atom is -0.481 e. The third kappa shape index (κ3) is 17.0. The Kier molecular flexibility index (Phi) is 24.5. The first kappa shape index (κ1) is 39.6. The monoisotopic (exact) mass is 566 g/mol. The van der Waals surface area contributed by atoms with Gasteiger partial charge in [0, 0.05) is 24.7 Å². The molecular formula is C35H54N2O4. The average molecular weight is 567 g/mol. The molecule has 0 aliphatic carbocycles. The summed E-state index contributed by atoms with van der Waals surface area (Å²) in [6, 6.07) is 7.47. The Labute approximate surface area is 249 Å². The number of carboxylic acids is 1. The Hall–Kier alpha value is -3.57. The SMILES string of the molecule is C/C=C(\C=C=C/C=C/N(C)CCC)CC.C=CCO.CC.CC/C=C/C(O)n1c(C)cc2c(CC(=O)O)cccc21. The molecule has 41 heavy (non-hydrogen) atoms. The molecule has 1 aromatic heterocycles. The van der Waals surface area contributed by atoms with Crippen molar-refractivity contribution in [1.82, 2.24) is 9.47 Å². The molecular weight excluding hydrogens is 512 g/mol. The molecule has 1 unspecified atom stereocenters. The maximum Gasteiger partial charge on any atom is 0.307 e. The summed E-state index contributed by atoms with van der Waals surface area (Å²) >= 11 is 0. The zero-order valence-corrected chi connectivity index (χ0v) is 26.6. The maximum atomic E-state index is 10.9. The van der Waals surface area contributed by atoms with Gasteiger partial charge in [-0.2, -0.15) is 0 Å². The number of carbonyl (C=O) groups is 1. The Balaban J connectivity index is 0. The lowest BCUT2D eigenvalue weighted by Crippen LogP contribution is -2.10. The fourth-order valence-electron chi connectivity index (χ4n) is 3.67. The van der Waals surface area contributed by atoms with Gasteiger partial charge >= 0.3 is 5.97 Å².